The van der Waals surface area contributed by atoms with E-state index in [2.05, 4.69) is 52.2 Å². The molecule has 0 unspecified atom stereocenters. The lowest BCUT2D eigenvalue weighted by Crippen LogP contribution is -2.34. The highest BCUT2D eigenvalue weighted by atomic mass is 15.0. The van der Waals surface area contributed by atoms with Crippen LogP contribution in [0.3, 0.4) is 0 Å². The highest BCUT2D eigenvalue weighted by molar-refractivity contribution is 5.20. The standard InChI is InChI=1S/C18H25N3/c1-21-14-13-20-18(21)11-12-19-17-9-7-16(8-10-17)15-5-3-2-4-6-15/h2-6,13-14,16-17,19H,7-12H2,1H3. The molecule has 1 saturated carbocycles. The van der Waals surface area contributed by atoms with Crippen molar-refractivity contribution in [1.82, 2.24) is 14.9 Å². The van der Waals surface area contributed by atoms with Crippen molar-refractivity contribution in [2.24, 2.45) is 7.05 Å². The van der Waals surface area contributed by atoms with Gasteiger partial charge in [0.15, 0.2) is 0 Å². The van der Waals surface area contributed by atoms with Crippen molar-refractivity contribution in [3.63, 3.8) is 0 Å². The molecule has 0 saturated heterocycles. The highest BCUT2D eigenvalue weighted by Gasteiger charge is 2.21. The normalized spacial score (nSPS) is 22.3. The highest BCUT2D eigenvalue weighted by Crippen LogP contribution is 2.32. The number of hydrogen-bond acceptors (Lipinski definition) is 2. The van der Waals surface area contributed by atoms with Gasteiger partial charge in [0.25, 0.3) is 0 Å². The summed E-state index contributed by atoms with van der Waals surface area (Å²) in [6.07, 6.45) is 10.1. The topological polar surface area (TPSA) is 29.9 Å². The Kier molecular flexibility index (Phi) is 4.71. The summed E-state index contributed by atoms with van der Waals surface area (Å²) in [6.45, 7) is 1.03. The van der Waals surface area contributed by atoms with Crippen LogP contribution < -0.4 is 5.32 Å². The summed E-state index contributed by atoms with van der Waals surface area (Å²) in [7, 11) is 2.06. The second-order valence-electron chi connectivity index (χ2n) is 6.12. The molecule has 21 heavy (non-hydrogen) atoms. The number of hydrogen-bond donors (Lipinski definition) is 1. The van der Waals surface area contributed by atoms with Crippen molar-refractivity contribution < 1.29 is 0 Å². The van der Waals surface area contributed by atoms with Crippen molar-refractivity contribution in [2.75, 3.05) is 6.54 Å². The van der Waals surface area contributed by atoms with E-state index in [0.717, 1.165) is 18.9 Å². The Morgan fingerprint density at radius 2 is 1.90 bits per heavy atom. The van der Waals surface area contributed by atoms with Gasteiger partial charge in [-0.25, -0.2) is 4.98 Å². The van der Waals surface area contributed by atoms with E-state index in [1.165, 1.54) is 37.1 Å². The van der Waals surface area contributed by atoms with Gasteiger partial charge >= 0.3 is 0 Å². The zero-order chi connectivity index (χ0) is 14.5. The summed E-state index contributed by atoms with van der Waals surface area (Å²) >= 11 is 0. The molecule has 1 heterocycles. The maximum absolute atomic E-state index is 4.37. The van der Waals surface area contributed by atoms with Crippen LogP contribution in [0.25, 0.3) is 0 Å². The SMILES string of the molecule is Cn1ccnc1CCNC1CCC(c2ccccc2)CC1. The average molecular weight is 283 g/mol. The summed E-state index contributed by atoms with van der Waals surface area (Å²) in [5, 5.41) is 3.71. The van der Waals surface area contributed by atoms with Crippen LogP contribution in [0.1, 0.15) is 43.0 Å². The summed E-state index contributed by atoms with van der Waals surface area (Å²) < 4.78 is 2.11. The third-order valence-electron chi connectivity index (χ3n) is 4.70. The van der Waals surface area contributed by atoms with Gasteiger partial charge in [0, 0.05) is 38.4 Å². The maximum Gasteiger partial charge on any atom is 0.109 e. The van der Waals surface area contributed by atoms with E-state index < -0.39 is 0 Å². The Bertz CT molecular complexity index is 539. The van der Waals surface area contributed by atoms with Gasteiger partial charge in [-0.15, -0.1) is 0 Å². The Hall–Kier alpha value is -1.61. The number of aryl methyl sites for hydroxylation is 1. The zero-order valence-electron chi connectivity index (χ0n) is 12.8. The molecule has 0 spiro atoms. The first-order valence-corrected chi connectivity index (χ1v) is 8.07. The van der Waals surface area contributed by atoms with Gasteiger partial charge in [0.05, 0.1) is 0 Å². The first kappa shape index (κ1) is 14.3. The maximum atomic E-state index is 4.37. The molecule has 1 aromatic heterocycles. The third kappa shape index (κ3) is 3.73. The molecule has 0 atom stereocenters. The smallest absolute Gasteiger partial charge is 0.109 e. The van der Waals surface area contributed by atoms with E-state index in [1.54, 1.807) is 0 Å². The lowest BCUT2D eigenvalue weighted by atomic mass is 9.82. The zero-order valence-corrected chi connectivity index (χ0v) is 12.8. The van der Waals surface area contributed by atoms with Crippen molar-refractivity contribution in [1.29, 1.82) is 0 Å². The summed E-state index contributed by atoms with van der Waals surface area (Å²) in [6, 6.07) is 11.7. The van der Waals surface area contributed by atoms with E-state index in [4.69, 9.17) is 0 Å². The average Bonchev–Trinajstić information content (AvgIpc) is 2.94. The molecule has 1 N–H and O–H groups in total. The van der Waals surface area contributed by atoms with Crippen LogP contribution in [0.5, 0.6) is 0 Å². The van der Waals surface area contributed by atoms with Crippen molar-refractivity contribution >= 4 is 0 Å². The van der Waals surface area contributed by atoms with Gasteiger partial charge < -0.3 is 9.88 Å². The van der Waals surface area contributed by atoms with Crippen LogP contribution in [-0.2, 0) is 13.5 Å². The fraction of sp³-hybridized carbons (Fsp3) is 0.500. The lowest BCUT2D eigenvalue weighted by molar-refractivity contribution is 0.343. The van der Waals surface area contributed by atoms with Crippen molar-refractivity contribution in [2.45, 2.75) is 44.1 Å². The first-order chi connectivity index (χ1) is 10.3. The van der Waals surface area contributed by atoms with Crippen LogP contribution in [-0.4, -0.2) is 22.1 Å². The number of imidazole rings is 1. The minimum Gasteiger partial charge on any atom is -0.338 e. The molecule has 3 heteroatoms. The van der Waals surface area contributed by atoms with Gasteiger partial charge in [-0.3, -0.25) is 0 Å². The summed E-state index contributed by atoms with van der Waals surface area (Å²) in [5.74, 6) is 1.93. The van der Waals surface area contributed by atoms with Crippen LogP contribution in [0, 0.1) is 0 Å². The summed E-state index contributed by atoms with van der Waals surface area (Å²) in [4.78, 5) is 4.37. The molecule has 0 amide bonds. The molecule has 3 rings (SSSR count). The monoisotopic (exact) mass is 283 g/mol. The molecule has 2 aromatic rings. The number of nitrogens with zero attached hydrogens (tertiary/aromatic N) is 2. The van der Waals surface area contributed by atoms with Crippen LogP contribution >= 0.6 is 0 Å². The van der Waals surface area contributed by atoms with E-state index >= 15 is 0 Å². The summed E-state index contributed by atoms with van der Waals surface area (Å²) in [5.41, 5.74) is 1.52. The predicted octanol–water partition coefficient (Wildman–Crippen LogP) is 3.28. The Labute approximate surface area is 127 Å². The fourth-order valence-electron chi connectivity index (χ4n) is 3.38. The van der Waals surface area contributed by atoms with E-state index in [9.17, 15) is 0 Å². The minimum atomic E-state index is 0.685. The van der Waals surface area contributed by atoms with Crippen LogP contribution in [0.2, 0.25) is 0 Å². The number of nitrogens with one attached hydrogen (secondary N) is 1. The molecule has 0 radical (unpaired) electrons. The quantitative estimate of drug-likeness (QED) is 0.912. The Morgan fingerprint density at radius 1 is 1.14 bits per heavy atom. The molecule has 0 aliphatic heterocycles. The molecule has 3 nitrogen and oxygen atoms in total. The first-order valence-electron chi connectivity index (χ1n) is 8.07. The molecule has 1 aliphatic rings. The molecule has 1 aromatic carbocycles. The molecule has 1 fully saturated rings. The second-order valence-corrected chi connectivity index (χ2v) is 6.12. The van der Waals surface area contributed by atoms with Gasteiger partial charge in [0.2, 0.25) is 0 Å². The fourth-order valence-corrected chi connectivity index (χ4v) is 3.38. The molecular formula is C18H25N3. The van der Waals surface area contributed by atoms with E-state index in [1.807, 2.05) is 12.4 Å². The minimum absolute atomic E-state index is 0.685. The number of benzene rings is 1. The number of rotatable bonds is 5. The third-order valence-corrected chi connectivity index (χ3v) is 4.70. The van der Waals surface area contributed by atoms with E-state index in [0.29, 0.717) is 6.04 Å². The van der Waals surface area contributed by atoms with Crippen LogP contribution in [0.15, 0.2) is 42.7 Å². The van der Waals surface area contributed by atoms with Crippen molar-refractivity contribution in [3.8, 4) is 0 Å². The Morgan fingerprint density at radius 3 is 2.57 bits per heavy atom. The van der Waals surface area contributed by atoms with Gasteiger partial charge in [-0.1, -0.05) is 30.3 Å². The van der Waals surface area contributed by atoms with E-state index in [-0.39, 0.29) is 0 Å². The van der Waals surface area contributed by atoms with Crippen molar-refractivity contribution in [3.05, 3.63) is 54.1 Å². The molecule has 0 bridgehead atoms. The molecule has 1 aliphatic carbocycles. The van der Waals surface area contributed by atoms with Crippen LogP contribution in [0.4, 0.5) is 0 Å². The number of aromatic nitrogens is 2. The lowest BCUT2D eigenvalue weighted by Gasteiger charge is -2.29. The van der Waals surface area contributed by atoms with Gasteiger partial charge in [-0.05, 0) is 37.2 Å². The molecule has 112 valence electrons. The van der Waals surface area contributed by atoms with Gasteiger partial charge in [0.1, 0.15) is 5.82 Å². The molecular weight excluding hydrogens is 258 g/mol. The predicted molar refractivity (Wildman–Crippen MR) is 86.4 cm³/mol. The van der Waals surface area contributed by atoms with Gasteiger partial charge in [-0.2, -0.15) is 0 Å². The largest absolute Gasteiger partial charge is 0.338 e. The second kappa shape index (κ2) is 6.90. The Balaban J connectivity index is 1.41.